The fourth-order valence-electron chi connectivity index (χ4n) is 2.60. The highest BCUT2D eigenvalue weighted by Crippen LogP contribution is 2.27. The van der Waals surface area contributed by atoms with Gasteiger partial charge in [0.25, 0.3) is 5.91 Å². The first-order valence-electron chi connectivity index (χ1n) is 8.14. The molecule has 2 aromatic carbocycles. The van der Waals surface area contributed by atoms with Gasteiger partial charge in [-0.25, -0.2) is 0 Å². The molecule has 1 N–H and O–H groups in total. The lowest BCUT2D eigenvalue weighted by molar-refractivity contribution is -0.147. The molecule has 0 aromatic heterocycles. The molecule has 0 unspecified atom stereocenters. The number of hydrogen-bond acceptors (Lipinski definition) is 3. The van der Waals surface area contributed by atoms with Gasteiger partial charge in [0, 0.05) is 0 Å². The van der Waals surface area contributed by atoms with Crippen LogP contribution in [0.1, 0.15) is 36.0 Å². The number of carbonyl (C=O) groups excluding carboxylic acids is 2. The second-order valence-electron chi connectivity index (χ2n) is 6.16. The van der Waals surface area contributed by atoms with Crippen LogP contribution in [0.25, 0.3) is 0 Å². The second kappa shape index (κ2) is 8.67. The van der Waals surface area contributed by atoms with E-state index in [1.54, 1.807) is 6.07 Å². The Morgan fingerprint density at radius 2 is 1.84 bits per heavy atom. The number of esters is 1. The summed E-state index contributed by atoms with van der Waals surface area (Å²) in [5.74, 6) is -0.779. The monoisotopic (exact) mass is 359 g/mol. The Balaban J connectivity index is 1.85. The Morgan fingerprint density at radius 3 is 2.48 bits per heavy atom. The van der Waals surface area contributed by atoms with Crippen molar-refractivity contribution in [1.82, 2.24) is 0 Å². The normalized spacial score (nSPS) is 11.7. The maximum Gasteiger partial charge on any atom is 0.306 e. The van der Waals surface area contributed by atoms with Crippen LogP contribution < -0.4 is 5.32 Å². The van der Waals surface area contributed by atoms with E-state index in [1.165, 1.54) is 0 Å². The molecule has 1 atom stereocenters. The van der Waals surface area contributed by atoms with E-state index in [4.69, 9.17) is 16.3 Å². The van der Waals surface area contributed by atoms with Crippen LogP contribution in [0.3, 0.4) is 0 Å². The highest BCUT2D eigenvalue weighted by atomic mass is 35.5. The number of halogens is 1. The van der Waals surface area contributed by atoms with Crippen LogP contribution in [-0.4, -0.2) is 18.5 Å². The Kier molecular flexibility index (Phi) is 6.59. The minimum atomic E-state index is -0.408. The summed E-state index contributed by atoms with van der Waals surface area (Å²) in [7, 11) is 0. The summed E-state index contributed by atoms with van der Waals surface area (Å²) in [4.78, 5) is 23.9. The SMILES string of the molecule is Cc1cc(C)c(NC(=O)COC(=O)C[C@@H](C)c2ccccc2)c(Cl)c1. The van der Waals surface area contributed by atoms with Crippen molar-refractivity contribution in [3.63, 3.8) is 0 Å². The highest BCUT2D eigenvalue weighted by molar-refractivity contribution is 6.34. The first-order chi connectivity index (χ1) is 11.9. The Hall–Kier alpha value is -2.33. The van der Waals surface area contributed by atoms with Gasteiger partial charge >= 0.3 is 5.97 Å². The van der Waals surface area contributed by atoms with Crippen molar-refractivity contribution in [2.45, 2.75) is 33.1 Å². The van der Waals surface area contributed by atoms with Gasteiger partial charge in [-0.2, -0.15) is 0 Å². The number of carbonyl (C=O) groups is 2. The van der Waals surface area contributed by atoms with E-state index < -0.39 is 11.9 Å². The maximum atomic E-state index is 12.0. The highest BCUT2D eigenvalue weighted by Gasteiger charge is 2.15. The summed E-state index contributed by atoms with van der Waals surface area (Å²) < 4.78 is 5.08. The molecule has 0 radical (unpaired) electrons. The largest absolute Gasteiger partial charge is 0.456 e. The number of amides is 1. The zero-order valence-electron chi connectivity index (χ0n) is 14.6. The van der Waals surface area contributed by atoms with Crippen molar-refractivity contribution >= 4 is 29.2 Å². The van der Waals surface area contributed by atoms with Gasteiger partial charge < -0.3 is 10.1 Å². The number of hydrogen-bond donors (Lipinski definition) is 1. The predicted octanol–water partition coefficient (Wildman–Crippen LogP) is 4.63. The molecule has 2 rings (SSSR count). The fourth-order valence-corrected chi connectivity index (χ4v) is 2.97. The number of rotatable bonds is 6. The Bertz CT molecular complexity index is 736. The molecule has 2 aromatic rings. The molecule has 1 amide bonds. The van der Waals surface area contributed by atoms with Gasteiger partial charge in [0.15, 0.2) is 6.61 Å². The second-order valence-corrected chi connectivity index (χ2v) is 6.57. The van der Waals surface area contributed by atoms with Crippen molar-refractivity contribution in [3.05, 3.63) is 64.2 Å². The van der Waals surface area contributed by atoms with Gasteiger partial charge in [0.1, 0.15) is 0 Å². The average Bonchev–Trinajstić information content (AvgIpc) is 2.57. The van der Waals surface area contributed by atoms with E-state index in [0.29, 0.717) is 10.7 Å². The Morgan fingerprint density at radius 1 is 1.16 bits per heavy atom. The minimum absolute atomic E-state index is 0.0329. The summed E-state index contributed by atoms with van der Waals surface area (Å²) in [5, 5.41) is 3.17. The first-order valence-corrected chi connectivity index (χ1v) is 8.51. The van der Waals surface area contributed by atoms with Crippen molar-refractivity contribution in [2.75, 3.05) is 11.9 Å². The third-order valence-electron chi connectivity index (χ3n) is 3.90. The maximum absolute atomic E-state index is 12.0. The first kappa shape index (κ1) is 19.0. The van der Waals surface area contributed by atoms with E-state index in [-0.39, 0.29) is 18.9 Å². The molecular formula is C20H22ClNO3. The quantitative estimate of drug-likeness (QED) is 0.765. The third kappa shape index (κ3) is 5.61. The number of anilines is 1. The van der Waals surface area contributed by atoms with Gasteiger partial charge in [-0.1, -0.05) is 54.9 Å². The van der Waals surface area contributed by atoms with Crippen molar-refractivity contribution in [2.24, 2.45) is 0 Å². The Labute approximate surface area is 153 Å². The van der Waals surface area contributed by atoms with Gasteiger partial charge in [-0.05, 0) is 42.5 Å². The van der Waals surface area contributed by atoms with Crippen LogP contribution in [0.5, 0.6) is 0 Å². The summed E-state index contributed by atoms with van der Waals surface area (Å²) in [6.07, 6.45) is 0.224. The average molecular weight is 360 g/mol. The van der Waals surface area contributed by atoms with Crippen LogP contribution in [0.4, 0.5) is 5.69 Å². The summed E-state index contributed by atoms with van der Waals surface area (Å²) in [6.45, 7) is 5.41. The predicted molar refractivity (Wildman–Crippen MR) is 100.0 cm³/mol. The lowest BCUT2D eigenvalue weighted by atomic mass is 9.98. The molecule has 0 aliphatic carbocycles. The van der Waals surface area contributed by atoms with Crippen LogP contribution in [-0.2, 0) is 14.3 Å². The van der Waals surface area contributed by atoms with Gasteiger partial charge in [-0.15, -0.1) is 0 Å². The molecule has 5 heteroatoms. The van der Waals surface area contributed by atoms with Crippen LogP contribution >= 0.6 is 11.6 Å². The molecule has 0 fully saturated rings. The van der Waals surface area contributed by atoms with Crippen molar-refractivity contribution in [3.8, 4) is 0 Å². The zero-order valence-corrected chi connectivity index (χ0v) is 15.4. The fraction of sp³-hybridized carbons (Fsp3) is 0.300. The lowest BCUT2D eigenvalue weighted by Crippen LogP contribution is -2.22. The van der Waals surface area contributed by atoms with E-state index in [9.17, 15) is 9.59 Å². The summed E-state index contributed by atoms with van der Waals surface area (Å²) >= 11 is 6.16. The van der Waals surface area contributed by atoms with E-state index in [0.717, 1.165) is 16.7 Å². The molecule has 0 aliphatic heterocycles. The molecule has 132 valence electrons. The zero-order chi connectivity index (χ0) is 18.4. The van der Waals surface area contributed by atoms with Crippen LogP contribution in [0, 0.1) is 13.8 Å². The standard InChI is InChI=1S/C20H22ClNO3/c1-13-9-15(3)20(17(21)10-13)22-18(23)12-25-19(24)11-14(2)16-7-5-4-6-8-16/h4-10,14H,11-12H2,1-3H3,(H,22,23)/t14-/m1/s1. The molecule has 0 spiro atoms. The number of aryl methyl sites for hydroxylation is 2. The van der Waals surface area contributed by atoms with E-state index in [1.807, 2.05) is 57.2 Å². The third-order valence-corrected chi connectivity index (χ3v) is 4.20. The van der Waals surface area contributed by atoms with E-state index in [2.05, 4.69) is 5.32 Å². The van der Waals surface area contributed by atoms with Crippen molar-refractivity contribution < 1.29 is 14.3 Å². The topological polar surface area (TPSA) is 55.4 Å². The molecule has 0 heterocycles. The van der Waals surface area contributed by atoms with E-state index >= 15 is 0 Å². The molecule has 0 bridgehead atoms. The number of nitrogens with one attached hydrogen (secondary N) is 1. The minimum Gasteiger partial charge on any atom is -0.456 e. The van der Waals surface area contributed by atoms with Crippen molar-refractivity contribution in [1.29, 1.82) is 0 Å². The summed E-state index contributed by atoms with van der Waals surface area (Å²) in [5.41, 5.74) is 3.49. The lowest BCUT2D eigenvalue weighted by Gasteiger charge is -2.13. The summed E-state index contributed by atoms with van der Waals surface area (Å²) in [6, 6.07) is 13.4. The van der Waals surface area contributed by atoms with Gasteiger partial charge in [0.2, 0.25) is 0 Å². The molecule has 0 saturated heterocycles. The molecule has 25 heavy (non-hydrogen) atoms. The molecule has 4 nitrogen and oxygen atoms in total. The smallest absolute Gasteiger partial charge is 0.306 e. The number of ether oxygens (including phenoxy) is 1. The van der Waals surface area contributed by atoms with Crippen LogP contribution in [0.15, 0.2) is 42.5 Å². The molecule has 0 saturated carbocycles. The number of benzene rings is 2. The van der Waals surface area contributed by atoms with Gasteiger partial charge in [0.05, 0.1) is 17.1 Å². The molecule has 0 aliphatic rings. The van der Waals surface area contributed by atoms with Gasteiger partial charge in [-0.3, -0.25) is 9.59 Å². The van der Waals surface area contributed by atoms with Crippen LogP contribution in [0.2, 0.25) is 5.02 Å². The molecular weight excluding hydrogens is 338 g/mol.